The molecule has 0 saturated carbocycles. The highest BCUT2D eigenvalue weighted by molar-refractivity contribution is 7.90. The fourth-order valence-electron chi connectivity index (χ4n) is 4.35. The van der Waals surface area contributed by atoms with Crippen LogP contribution < -0.4 is 9.47 Å². The van der Waals surface area contributed by atoms with Crippen molar-refractivity contribution in [3.8, 4) is 11.5 Å². The Bertz CT molecular complexity index is 1380. The van der Waals surface area contributed by atoms with Gasteiger partial charge in [-0.05, 0) is 48.9 Å². The van der Waals surface area contributed by atoms with Crippen LogP contribution in [0, 0.1) is 0 Å². The first-order valence-electron chi connectivity index (χ1n) is 10.8. The van der Waals surface area contributed by atoms with E-state index in [2.05, 4.69) is 4.98 Å². The third-order valence-corrected chi connectivity index (χ3v) is 7.55. The molecule has 5 rings (SSSR count). The van der Waals surface area contributed by atoms with E-state index in [-0.39, 0.29) is 10.8 Å². The van der Waals surface area contributed by atoms with E-state index >= 15 is 0 Å². The molecule has 1 aliphatic rings. The van der Waals surface area contributed by atoms with Crippen molar-refractivity contribution >= 4 is 21.1 Å². The van der Waals surface area contributed by atoms with Crippen LogP contribution in [0.1, 0.15) is 30.5 Å². The summed E-state index contributed by atoms with van der Waals surface area (Å²) in [7, 11) is -2.32. The summed E-state index contributed by atoms with van der Waals surface area (Å²) in [6.07, 6.45) is 1.55. The number of benzene rings is 2. The SMILES string of the molecule is CCO[C@H]1C[C@@H](c2ccc(OC)cc2)c2c(c3cccnc3n2S(=O)(=O)c2ccccc2)O1. The normalized spacial score (nSPS) is 18.0. The molecule has 4 aromatic rings. The van der Waals surface area contributed by atoms with E-state index in [0.29, 0.717) is 35.5 Å². The van der Waals surface area contributed by atoms with Crippen molar-refractivity contribution < 1.29 is 22.6 Å². The van der Waals surface area contributed by atoms with Gasteiger partial charge in [-0.15, -0.1) is 0 Å². The smallest absolute Gasteiger partial charge is 0.269 e. The van der Waals surface area contributed by atoms with Crippen molar-refractivity contribution in [2.45, 2.75) is 30.4 Å². The molecule has 0 N–H and O–H groups in total. The van der Waals surface area contributed by atoms with Gasteiger partial charge in [-0.1, -0.05) is 30.3 Å². The first-order chi connectivity index (χ1) is 16.0. The molecule has 2 aromatic heterocycles. The van der Waals surface area contributed by atoms with Gasteiger partial charge in [0.2, 0.25) is 6.29 Å². The molecule has 2 atom stereocenters. The predicted octanol–water partition coefficient (Wildman–Crippen LogP) is 4.56. The molecule has 3 heterocycles. The predicted molar refractivity (Wildman–Crippen MR) is 124 cm³/mol. The van der Waals surface area contributed by atoms with Crippen molar-refractivity contribution in [3.05, 3.63) is 84.2 Å². The standard InChI is InChI=1S/C25H24N2O5S/c1-3-31-22-16-21(17-11-13-18(30-2)14-12-17)23-24(32-22)20-10-7-15-26-25(20)27(23)33(28,29)19-8-5-4-6-9-19/h4-15,21-22H,3,16H2,1-2H3/t21-,22+/m0/s1. The minimum atomic E-state index is -3.94. The molecule has 0 radical (unpaired) electrons. The number of aromatic nitrogens is 2. The van der Waals surface area contributed by atoms with Crippen LogP contribution in [0.3, 0.4) is 0 Å². The maximum Gasteiger partial charge on any atom is 0.269 e. The molecule has 0 spiro atoms. The van der Waals surface area contributed by atoms with Crippen molar-refractivity contribution in [1.82, 2.24) is 8.96 Å². The van der Waals surface area contributed by atoms with Crippen LogP contribution >= 0.6 is 0 Å². The highest BCUT2D eigenvalue weighted by Gasteiger charge is 2.39. The number of rotatable bonds is 6. The fourth-order valence-corrected chi connectivity index (χ4v) is 5.90. The first kappa shape index (κ1) is 21.5. The minimum absolute atomic E-state index is 0.191. The Hall–Kier alpha value is -3.36. The molecule has 0 bridgehead atoms. The Balaban J connectivity index is 1.79. The van der Waals surface area contributed by atoms with Gasteiger partial charge in [0.15, 0.2) is 11.4 Å². The van der Waals surface area contributed by atoms with Gasteiger partial charge in [-0.2, -0.15) is 0 Å². The van der Waals surface area contributed by atoms with Crippen LogP contribution in [0.5, 0.6) is 11.5 Å². The average Bonchev–Trinajstić information content (AvgIpc) is 3.19. The van der Waals surface area contributed by atoms with Crippen LogP contribution in [0.4, 0.5) is 0 Å². The van der Waals surface area contributed by atoms with Crippen LogP contribution in [0.2, 0.25) is 0 Å². The summed E-state index contributed by atoms with van der Waals surface area (Å²) in [5.41, 5.74) is 1.83. The summed E-state index contributed by atoms with van der Waals surface area (Å²) in [4.78, 5) is 4.64. The highest BCUT2D eigenvalue weighted by atomic mass is 32.2. The van der Waals surface area contributed by atoms with E-state index < -0.39 is 16.3 Å². The second-order valence-corrected chi connectivity index (χ2v) is 9.52. The number of pyridine rings is 1. The Morgan fingerprint density at radius 3 is 2.52 bits per heavy atom. The van der Waals surface area contributed by atoms with E-state index in [1.165, 1.54) is 3.97 Å². The summed E-state index contributed by atoms with van der Waals surface area (Å²) in [5, 5.41) is 0.634. The zero-order valence-corrected chi connectivity index (χ0v) is 19.2. The van der Waals surface area contributed by atoms with E-state index in [9.17, 15) is 8.42 Å². The van der Waals surface area contributed by atoms with Crippen LogP contribution in [-0.2, 0) is 14.8 Å². The zero-order chi connectivity index (χ0) is 23.0. The van der Waals surface area contributed by atoms with E-state index in [0.717, 1.165) is 11.3 Å². The zero-order valence-electron chi connectivity index (χ0n) is 18.3. The lowest BCUT2D eigenvalue weighted by atomic mass is 9.90. The monoisotopic (exact) mass is 464 g/mol. The van der Waals surface area contributed by atoms with Gasteiger partial charge >= 0.3 is 0 Å². The Morgan fingerprint density at radius 1 is 1.06 bits per heavy atom. The topological polar surface area (TPSA) is 79.7 Å². The number of methoxy groups -OCH3 is 1. The molecule has 0 saturated heterocycles. The lowest BCUT2D eigenvalue weighted by molar-refractivity contribution is -0.0889. The van der Waals surface area contributed by atoms with Gasteiger partial charge in [0.05, 0.1) is 23.1 Å². The van der Waals surface area contributed by atoms with Gasteiger partial charge in [0, 0.05) is 25.1 Å². The van der Waals surface area contributed by atoms with Gasteiger partial charge < -0.3 is 14.2 Å². The largest absolute Gasteiger partial charge is 0.497 e. The molecule has 0 unspecified atom stereocenters. The molecule has 7 nitrogen and oxygen atoms in total. The maximum absolute atomic E-state index is 13.9. The third-order valence-electron chi connectivity index (χ3n) is 5.83. The van der Waals surface area contributed by atoms with Crippen molar-refractivity contribution in [1.29, 1.82) is 0 Å². The van der Waals surface area contributed by atoms with Crippen molar-refractivity contribution in [2.75, 3.05) is 13.7 Å². The fraction of sp³-hybridized carbons (Fsp3) is 0.240. The lowest BCUT2D eigenvalue weighted by Crippen LogP contribution is -2.31. The summed E-state index contributed by atoms with van der Waals surface area (Å²) in [5.74, 6) is 0.929. The van der Waals surface area contributed by atoms with Gasteiger partial charge in [0.25, 0.3) is 10.0 Å². The van der Waals surface area contributed by atoms with Crippen LogP contribution in [-0.4, -0.2) is 37.4 Å². The first-order valence-corrected chi connectivity index (χ1v) is 12.2. The summed E-state index contributed by atoms with van der Waals surface area (Å²) in [6.45, 7) is 2.39. The van der Waals surface area contributed by atoms with Gasteiger partial charge in [0.1, 0.15) is 5.75 Å². The number of fused-ring (bicyclic) bond motifs is 3. The number of nitrogens with zero attached hydrogens (tertiary/aromatic N) is 2. The maximum atomic E-state index is 13.9. The Kier molecular flexibility index (Phi) is 5.55. The highest BCUT2D eigenvalue weighted by Crippen LogP contribution is 2.47. The average molecular weight is 465 g/mol. The molecule has 170 valence electrons. The molecule has 2 aromatic carbocycles. The molecule has 33 heavy (non-hydrogen) atoms. The molecule has 1 aliphatic heterocycles. The van der Waals surface area contributed by atoms with Crippen molar-refractivity contribution in [3.63, 3.8) is 0 Å². The van der Waals surface area contributed by atoms with Gasteiger partial charge in [-0.25, -0.2) is 17.4 Å². The summed E-state index contributed by atoms with van der Waals surface area (Å²) < 4.78 is 46.5. The van der Waals surface area contributed by atoms with Crippen LogP contribution in [0.15, 0.2) is 77.8 Å². The van der Waals surface area contributed by atoms with Crippen LogP contribution in [0.25, 0.3) is 11.0 Å². The quantitative estimate of drug-likeness (QED) is 0.416. The second-order valence-electron chi connectivity index (χ2n) is 7.74. The number of hydrogen-bond donors (Lipinski definition) is 0. The molecular formula is C25H24N2O5S. The van der Waals surface area contributed by atoms with Gasteiger partial charge in [-0.3, -0.25) is 0 Å². The molecule has 0 aliphatic carbocycles. The second kappa shape index (κ2) is 8.53. The number of hydrogen-bond acceptors (Lipinski definition) is 6. The molecule has 0 fully saturated rings. The Labute approximate surface area is 192 Å². The molecule has 0 amide bonds. The molecular weight excluding hydrogens is 440 g/mol. The summed E-state index contributed by atoms with van der Waals surface area (Å²) >= 11 is 0. The van der Waals surface area contributed by atoms with E-state index in [1.54, 1.807) is 49.7 Å². The minimum Gasteiger partial charge on any atom is -0.497 e. The lowest BCUT2D eigenvalue weighted by Gasteiger charge is -2.31. The number of ether oxygens (including phenoxy) is 3. The Morgan fingerprint density at radius 2 is 1.82 bits per heavy atom. The van der Waals surface area contributed by atoms with E-state index in [1.807, 2.05) is 37.3 Å². The van der Waals surface area contributed by atoms with Crippen molar-refractivity contribution in [2.24, 2.45) is 0 Å². The molecule has 8 heteroatoms. The van der Waals surface area contributed by atoms with E-state index in [4.69, 9.17) is 14.2 Å². The third kappa shape index (κ3) is 3.65. The summed E-state index contributed by atoms with van der Waals surface area (Å²) in [6, 6.07) is 19.6.